The molecule has 2 aliphatic carbocycles. The molecule has 6 atom stereocenters. The highest BCUT2D eigenvalue weighted by atomic mass is 35.5. The van der Waals surface area contributed by atoms with Gasteiger partial charge in [-0.3, -0.25) is 29.5 Å². The van der Waals surface area contributed by atoms with Gasteiger partial charge in [-0.25, -0.2) is 4.39 Å². The third-order valence-corrected chi connectivity index (χ3v) is 10.6. The van der Waals surface area contributed by atoms with E-state index < -0.39 is 52.6 Å². The Morgan fingerprint density at radius 3 is 2.36 bits per heavy atom. The van der Waals surface area contributed by atoms with Crippen molar-refractivity contribution in [1.82, 2.24) is 9.91 Å². The summed E-state index contributed by atoms with van der Waals surface area (Å²) >= 11 is 6.31. The number of hydrogen-bond donors (Lipinski definition) is 2. The van der Waals surface area contributed by atoms with Crippen molar-refractivity contribution in [3.63, 3.8) is 0 Å². The Kier molecular flexibility index (Phi) is 7.58. The number of benzene rings is 3. The van der Waals surface area contributed by atoms with Gasteiger partial charge in [-0.15, -0.1) is 0 Å². The number of imide groups is 2. The fourth-order valence-electron chi connectivity index (χ4n) is 8.40. The van der Waals surface area contributed by atoms with Crippen molar-refractivity contribution in [2.45, 2.75) is 37.5 Å². The van der Waals surface area contributed by atoms with E-state index in [2.05, 4.69) is 5.43 Å². The second kappa shape index (κ2) is 11.5. The summed E-state index contributed by atoms with van der Waals surface area (Å²) in [5.41, 5.74) is 3.27. The molecule has 11 heteroatoms. The van der Waals surface area contributed by atoms with Gasteiger partial charge in [-0.05, 0) is 73.2 Å². The van der Waals surface area contributed by atoms with Crippen LogP contribution < -0.4 is 10.2 Å². The average Bonchev–Trinajstić information content (AvgIpc) is 3.43. The van der Waals surface area contributed by atoms with Crippen LogP contribution in [0.3, 0.4) is 0 Å². The maximum Gasteiger partial charge on any atom is 0.260 e. The number of hydrogen-bond acceptors (Lipinski definition) is 7. The third kappa shape index (κ3) is 4.56. The third-order valence-electron chi connectivity index (χ3n) is 10.3. The number of anilines is 1. The number of carbonyl (C=O) groups is 4. The summed E-state index contributed by atoms with van der Waals surface area (Å²) in [5, 5.41) is 13.0. The smallest absolute Gasteiger partial charge is 0.260 e. The lowest BCUT2D eigenvalue weighted by atomic mass is 9.49. The first-order chi connectivity index (χ1) is 22.6. The molecule has 242 valence electrons. The molecule has 3 aromatic carbocycles. The molecule has 2 heterocycles. The molecule has 3 aromatic rings. The van der Waals surface area contributed by atoms with Crippen molar-refractivity contribution < 1.29 is 33.4 Å². The maximum absolute atomic E-state index is 15.1. The number of phenolic OH excluding ortho intramolecular Hbond substituents is 1. The van der Waals surface area contributed by atoms with Gasteiger partial charge in [0.15, 0.2) is 0 Å². The number of amides is 4. The predicted octanol–water partition coefficient (Wildman–Crippen LogP) is 5.59. The van der Waals surface area contributed by atoms with Gasteiger partial charge in [0.2, 0.25) is 11.8 Å². The highest BCUT2D eigenvalue weighted by Gasteiger charge is 2.70. The molecule has 0 spiro atoms. The molecule has 6 unspecified atom stereocenters. The molecular formula is C36H33ClFN3O6. The van der Waals surface area contributed by atoms with Gasteiger partial charge in [-0.1, -0.05) is 48.4 Å². The second-order valence-electron chi connectivity index (χ2n) is 12.6. The maximum atomic E-state index is 15.1. The van der Waals surface area contributed by atoms with E-state index in [1.807, 2.05) is 13.0 Å². The van der Waals surface area contributed by atoms with Crippen molar-refractivity contribution >= 4 is 40.9 Å². The zero-order chi connectivity index (χ0) is 33.2. The first-order valence-corrected chi connectivity index (χ1v) is 16.1. The largest absolute Gasteiger partial charge is 0.508 e. The fourth-order valence-corrected chi connectivity index (χ4v) is 8.53. The predicted molar refractivity (Wildman–Crippen MR) is 171 cm³/mol. The van der Waals surface area contributed by atoms with Crippen LogP contribution in [0.15, 0.2) is 78.4 Å². The van der Waals surface area contributed by atoms with Crippen LogP contribution in [-0.2, 0) is 24.6 Å². The highest BCUT2D eigenvalue weighted by Crippen LogP contribution is 2.65. The number of nitrogens with zero attached hydrogens (tertiary/aromatic N) is 2. The number of carbonyl (C=O) groups excluding carboxylic acids is 4. The van der Waals surface area contributed by atoms with Crippen molar-refractivity contribution in [1.29, 1.82) is 0 Å². The SMILES string of the molecule is CCCN1C(=O)C2CC=C3C(CC4C(=O)N(Nc5ccc(F)cc5)C(=O)C4(c4ccc(Cl)cc4)C3c3ccc(OC)cc3O)C2C1=O. The van der Waals surface area contributed by atoms with Gasteiger partial charge >= 0.3 is 0 Å². The van der Waals surface area contributed by atoms with Crippen LogP contribution in [0.4, 0.5) is 10.1 Å². The van der Waals surface area contributed by atoms with Gasteiger partial charge in [0.25, 0.3) is 11.8 Å². The normalized spacial score (nSPS) is 28.2. The van der Waals surface area contributed by atoms with Crippen LogP contribution in [0.2, 0.25) is 5.02 Å². The molecule has 0 aromatic heterocycles. The Labute approximate surface area is 275 Å². The van der Waals surface area contributed by atoms with E-state index >= 15 is 4.79 Å². The first-order valence-electron chi connectivity index (χ1n) is 15.7. The molecule has 47 heavy (non-hydrogen) atoms. The zero-order valence-electron chi connectivity index (χ0n) is 25.8. The van der Waals surface area contributed by atoms with E-state index in [9.17, 15) is 23.9 Å². The van der Waals surface area contributed by atoms with Crippen LogP contribution in [0.1, 0.15) is 43.2 Å². The minimum atomic E-state index is -1.58. The number of ether oxygens (including phenoxy) is 1. The molecule has 4 aliphatic rings. The Morgan fingerprint density at radius 2 is 1.70 bits per heavy atom. The van der Waals surface area contributed by atoms with Crippen molar-refractivity contribution in [3.8, 4) is 11.5 Å². The summed E-state index contributed by atoms with van der Waals surface area (Å²) < 4.78 is 19.1. The average molecular weight is 658 g/mol. The van der Waals surface area contributed by atoms with E-state index in [0.29, 0.717) is 40.6 Å². The number of halogens is 2. The molecule has 2 aliphatic heterocycles. The van der Waals surface area contributed by atoms with Gasteiger partial charge < -0.3 is 9.84 Å². The van der Waals surface area contributed by atoms with E-state index in [0.717, 1.165) is 10.6 Å². The van der Waals surface area contributed by atoms with Gasteiger partial charge in [-0.2, -0.15) is 5.01 Å². The lowest BCUT2D eigenvalue weighted by Gasteiger charge is -2.50. The highest BCUT2D eigenvalue weighted by molar-refractivity contribution is 6.30. The summed E-state index contributed by atoms with van der Waals surface area (Å²) in [6.07, 6.45) is 2.95. The van der Waals surface area contributed by atoms with Crippen LogP contribution >= 0.6 is 11.6 Å². The molecule has 4 amide bonds. The monoisotopic (exact) mass is 657 g/mol. The number of nitrogens with one attached hydrogen (secondary N) is 1. The number of hydrazine groups is 1. The van der Waals surface area contributed by atoms with E-state index in [-0.39, 0.29) is 30.4 Å². The number of allylic oxidation sites excluding steroid dienone is 2. The quantitative estimate of drug-likeness (QED) is 0.251. The van der Waals surface area contributed by atoms with E-state index in [1.54, 1.807) is 36.4 Å². The van der Waals surface area contributed by atoms with Gasteiger partial charge in [0.1, 0.15) is 17.3 Å². The minimum Gasteiger partial charge on any atom is -0.508 e. The lowest BCUT2D eigenvalue weighted by molar-refractivity contribution is -0.141. The summed E-state index contributed by atoms with van der Waals surface area (Å²) in [6.45, 7) is 2.21. The van der Waals surface area contributed by atoms with Gasteiger partial charge in [0, 0.05) is 29.1 Å². The number of methoxy groups -OCH3 is 1. The summed E-state index contributed by atoms with van der Waals surface area (Å²) in [6, 6.07) is 16.9. The Morgan fingerprint density at radius 1 is 0.979 bits per heavy atom. The molecule has 0 bridgehead atoms. The summed E-state index contributed by atoms with van der Waals surface area (Å²) in [4.78, 5) is 58.4. The first kappa shape index (κ1) is 30.9. The van der Waals surface area contributed by atoms with E-state index in [1.165, 1.54) is 42.3 Å². The zero-order valence-corrected chi connectivity index (χ0v) is 26.5. The van der Waals surface area contributed by atoms with Crippen LogP contribution in [0.5, 0.6) is 11.5 Å². The minimum absolute atomic E-state index is 0.119. The molecule has 2 saturated heterocycles. The van der Waals surface area contributed by atoms with Crippen LogP contribution in [0.25, 0.3) is 0 Å². The summed E-state index contributed by atoms with van der Waals surface area (Å²) in [7, 11) is 1.48. The topological polar surface area (TPSA) is 116 Å². The Bertz CT molecular complexity index is 1830. The van der Waals surface area contributed by atoms with E-state index in [4.69, 9.17) is 16.3 Å². The number of rotatable bonds is 7. The van der Waals surface area contributed by atoms with Gasteiger partial charge in [0.05, 0.1) is 36.0 Å². The molecule has 1 saturated carbocycles. The molecule has 2 N–H and O–H groups in total. The molecule has 7 rings (SSSR count). The Balaban J connectivity index is 1.46. The number of aromatic hydroxyl groups is 1. The fraction of sp³-hybridized carbons (Fsp3) is 0.333. The standard InChI is InChI=1S/C36H33ClFN3O6/c1-3-16-40-32(43)26-15-14-24-27(30(26)34(40)45)18-28-33(44)41(39-22-10-8-21(38)9-11-22)35(46)36(28,19-4-6-20(37)7-5-19)31(24)25-13-12-23(47-2)17-29(25)42/h4-14,17,26-28,30-31,39,42H,3,15-16,18H2,1-2H3. The molecule has 9 nitrogen and oxygen atoms in total. The Hall–Kier alpha value is -4.70. The summed E-state index contributed by atoms with van der Waals surface area (Å²) in [5.74, 6) is -5.54. The second-order valence-corrected chi connectivity index (χ2v) is 13.1. The lowest BCUT2D eigenvalue weighted by Crippen LogP contribution is -2.53. The number of fused-ring (bicyclic) bond motifs is 4. The molecule has 3 fully saturated rings. The van der Waals surface area contributed by atoms with Crippen molar-refractivity contribution in [2.75, 3.05) is 19.1 Å². The van der Waals surface area contributed by atoms with Crippen molar-refractivity contribution in [3.05, 3.63) is 100 Å². The molecule has 0 radical (unpaired) electrons. The van der Waals surface area contributed by atoms with Crippen LogP contribution in [-0.4, -0.2) is 52.3 Å². The van der Waals surface area contributed by atoms with Crippen molar-refractivity contribution in [2.24, 2.45) is 23.7 Å². The molecular weight excluding hydrogens is 625 g/mol. The van der Waals surface area contributed by atoms with Crippen LogP contribution in [0, 0.1) is 29.5 Å². The number of phenols is 1. The number of likely N-dealkylation sites (tertiary alicyclic amines) is 1.